The Morgan fingerprint density at radius 1 is 1.32 bits per heavy atom. The highest BCUT2D eigenvalue weighted by Gasteiger charge is 2.16. The molecular formula is C16H23NO2. The zero-order valence-corrected chi connectivity index (χ0v) is 11.6. The van der Waals surface area contributed by atoms with Crippen LogP contribution in [-0.4, -0.2) is 25.8 Å². The van der Waals surface area contributed by atoms with Gasteiger partial charge in [-0.3, -0.25) is 0 Å². The molecule has 0 amide bonds. The van der Waals surface area contributed by atoms with Crippen molar-refractivity contribution in [3.05, 3.63) is 42.2 Å². The Balaban J connectivity index is 1.81. The molecule has 0 aromatic heterocycles. The average molecular weight is 261 g/mol. The molecule has 0 fully saturated rings. The van der Waals surface area contributed by atoms with Gasteiger partial charge in [0.05, 0.1) is 19.5 Å². The second-order valence-electron chi connectivity index (χ2n) is 4.73. The van der Waals surface area contributed by atoms with E-state index in [1.807, 2.05) is 36.6 Å². The number of nitrogens with one attached hydrogen (secondary N) is 1. The molecule has 1 heterocycles. The lowest BCUT2D eigenvalue weighted by atomic mass is 9.99. The molecule has 0 bridgehead atoms. The fourth-order valence-corrected chi connectivity index (χ4v) is 2.32. The summed E-state index contributed by atoms with van der Waals surface area (Å²) in [5.74, 6) is 0.937. The van der Waals surface area contributed by atoms with Gasteiger partial charge in [-0.2, -0.15) is 0 Å². The van der Waals surface area contributed by atoms with E-state index in [0.717, 1.165) is 44.8 Å². The maximum Gasteiger partial charge on any atom is 0.119 e. The van der Waals surface area contributed by atoms with Gasteiger partial charge in [0, 0.05) is 12.5 Å². The van der Waals surface area contributed by atoms with Crippen LogP contribution in [0.1, 0.15) is 26.2 Å². The van der Waals surface area contributed by atoms with Crippen LogP contribution in [0.25, 0.3) is 0 Å². The van der Waals surface area contributed by atoms with E-state index in [9.17, 15) is 0 Å². The van der Waals surface area contributed by atoms with E-state index in [4.69, 9.17) is 9.47 Å². The summed E-state index contributed by atoms with van der Waals surface area (Å²) >= 11 is 0. The Morgan fingerprint density at radius 2 is 2.16 bits per heavy atom. The van der Waals surface area contributed by atoms with Crippen LogP contribution in [0.5, 0.6) is 5.75 Å². The first kappa shape index (κ1) is 13.9. The van der Waals surface area contributed by atoms with Crippen molar-refractivity contribution in [2.24, 2.45) is 0 Å². The standard InChI is InChI=1S/C16H23NO2/c1-2-17-16(14-7-6-11-18-13-14)10-12-19-15-8-4-3-5-9-15/h3-5,8-9,13,16-17H,2,6-7,10-12H2,1H3. The minimum atomic E-state index is 0.369. The topological polar surface area (TPSA) is 30.5 Å². The summed E-state index contributed by atoms with van der Waals surface area (Å²) in [6.07, 6.45) is 5.15. The van der Waals surface area contributed by atoms with Gasteiger partial charge in [0.2, 0.25) is 0 Å². The summed E-state index contributed by atoms with van der Waals surface area (Å²) in [7, 11) is 0. The molecule has 3 nitrogen and oxygen atoms in total. The first-order chi connectivity index (χ1) is 9.40. The van der Waals surface area contributed by atoms with E-state index in [-0.39, 0.29) is 0 Å². The van der Waals surface area contributed by atoms with Crippen molar-refractivity contribution in [3.63, 3.8) is 0 Å². The Kier molecular flexibility index (Phi) is 5.76. The highest BCUT2D eigenvalue weighted by Crippen LogP contribution is 2.18. The molecule has 1 N–H and O–H groups in total. The summed E-state index contributed by atoms with van der Waals surface area (Å²) in [5.41, 5.74) is 1.37. The molecule has 0 radical (unpaired) electrons. The normalized spacial score (nSPS) is 16.4. The average Bonchev–Trinajstić information content (AvgIpc) is 2.48. The van der Waals surface area contributed by atoms with E-state index in [2.05, 4.69) is 12.2 Å². The third-order valence-electron chi connectivity index (χ3n) is 3.28. The van der Waals surface area contributed by atoms with Crippen LogP contribution in [0, 0.1) is 0 Å². The fraction of sp³-hybridized carbons (Fsp3) is 0.500. The Labute approximate surface area is 115 Å². The van der Waals surface area contributed by atoms with Crippen molar-refractivity contribution >= 4 is 0 Å². The van der Waals surface area contributed by atoms with Gasteiger partial charge in [-0.1, -0.05) is 25.1 Å². The molecule has 0 aliphatic carbocycles. The number of rotatable bonds is 7. The molecule has 0 saturated heterocycles. The molecule has 1 aromatic rings. The van der Waals surface area contributed by atoms with Gasteiger partial charge >= 0.3 is 0 Å². The third kappa shape index (κ3) is 4.60. The van der Waals surface area contributed by atoms with Crippen molar-refractivity contribution in [1.29, 1.82) is 0 Å². The van der Waals surface area contributed by atoms with Gasteiger partial charge in [0.15, 0.2) is 0 Å². The molecule has 0 saturated carbocycles. The molecule has 1 aliphatic rings. The van der Waals surface area contributed by atoms with Crippen LogP contribution >= 0.6 is 0 Å². The molecule has 3 heteroatoms. The van der Waals surface area contributed by atoms with Gasteiger partial charge in [0.25, 0.3) is 0 Å². The van der Waals surface area contributed by atoms with Gasteiger partial charge in [-0.25, -0.2) is 0 Å². The van der Waals surface area contributed by atoms with E-state index >= 15 is 0 Å². The maximum absolute atomic E-state index is 5.77. The lowest BCUT2D eigenvalue weighted by Crippen LogP contribution is -2.33. The number of ether oxygens (including phenoxy) is 2. The molecule has 1 atom stereocenters. The fourth-order valence-electron chi connectivity index (χ4n) is 2.32. The number of likely N-dealkylation sites (N-methyl/N-ethyl adjacent to an activating group) is 1. The largest absolute Gasteiger partial charge is 0.501 e. The zero-order valence-electron chi connectivity index (χ0n) is 11.6. The summed E-state index contributed by atoms with van der Waals surface area (Å²) in [5, 5.41) is 3.51. The van der Waals surface area contributed by atoms with Gasteiger partial charge in [-0.15, -0.1) is 0 Å². The quantitative estimate of drug-likeness (QED) is 0.818. The van der Waals surface area contributed by atoms with Crippen LogP contribution in [0.3, 0.4) is 0 Å². The first-order valence-corrected chi connectivity index (χ1v) is 7.12. The zero-order chi connectivity index (χ0) is 13.3. The number of hydrogen-bond donors (Lipinski definition) is 1. The molecule has 1 unspecified atom stereocenters. The highest BCUT2D eigenvalue weighted by atomic mass is 16.5. The molecule has 2 rings (SSSR count). The van der Waals surface area contributed by atoms with Crippen LogP contribution in [0.4, 0.5) is 0 Å². The van der Waals surface area contributed by atoms with E-state index in [0.29, 0.717) is 6.04 Å². The van der Waals surface area contributed by atoms with E-state index in [1.165, 1.54) is 5.57 Å². The third-order valence-corrected chi connectivity index (χ3v) is 3.28. The second-order valence-corrected chi connectivity index (χ2v) is 4.73. The van der Waals surface area contributed by atoms with E-state index < -0.39 is 0 Å². The van der Waals surface area contributed by atoms with Crippen molar-refractivity contribution in [1.82, 2.24) is 5.32 Å². The van der Waals surface area contributed by atoms with Crippen LogP contribution in [0.15, 0.2) is 42.2 Å². The van der Waals surface area contributed by atoms with Crippen LogP contribution < -0.4 is 10.1 Å². The van der Waals surface area contributed by atoms with Gasteiger partial charge in [-0.05, 0) is 37.1 Å². The minimum absolute atomic E-state index is 0.369. The monoisotopic (exact) mass is 261 g/mol. The minimum Gasteiger partial charge on any atom is -0.501 e. The Hall–Kier alpha value is -1.48. The van der Waals surface area contributed by atoms with E-state index in [1.54, 1.807) is 0 Å². The van der Waals surface area contributed by atoms with Gasteiger partial charge in [0.1, 0.15) is 5.75 Å². The van der Waals surface area contributed by atoms with Crippen molar-refractivity contribution < 1.29 is 9.47 Å². The summed E-state index contributed by atoms with van der Waals surface area (Å²) < 4.78 is 11.2. The first-order valence-electron chi connectivity index (χ1n) is 7.12. The molecule has 0 spiro atoms. The SMILES string of the molecule is CCNC(CCOc1ccccc1)C1=COCCC1. The summed E-state index contributed by atoms with van der Waals surface area (Å²) in [4.78, 5) is 0. The lowest BCUT2D eigenvalue weighted by molar-refractivity contribution is 0.215. The van der Waals surface area contributed by atoms with Crippen molar-refractivity contribution in [3.8, 4) is 5.75 Å². The lowest BCUT2D eigenvalue weighted by Gasteiger charge is -2.24. The second kappa shape index (κ2) is 7.85. The maximum atomic E-state index is 5.77. The molecule has 1 aliphatic heterocycles. The Bertz CT molecular complexity index is 389. The number of hydrogen-bond acceptors (Lipinski definition) is 3. The predicted molar refractivity (Wildman–Crippen MR) is 77.3 cm³/mol. The molecule has 104 valence electrons. The molecular weight excluding hydrogens is 238 g/mol. The summed E-state index contributed by atoms with van der Waals surface area (Å²) in [6, 6.07) is 10.3. The van der Waals surface area contributed by atoms with Crippen molar-refractivity contribution in [2.45, 2.75) is 32.2 Å². The predicted octanol–water partition coefficient (Wildman–Crippen LogP) is 3.13. The number of benzene rings is 1. The summed E-state index contributed by atoms with van der Waals surface area (Å²) in [6.45, 7) is 4.67. The molecule has 1 aromatic carbocycles. The number of para-hydroxylation sites is 1. The van der Waals surface area contributed by atoms with Crippen LogP contribution in [0.2, 0.25) is 0 Å². The van der Waals surface area contributed by atoms with Gasteiger partial charge < -0.3 is 14.8 Å². The van der Waals surface area contributed by atoms with Crippen molar-refractivity contribution in [2.75, 3.05) is 19.8 Å². The Morgan fingerprint density at radius 3 is 2.84 bits per heavy atom. The smallest absolute Gasteiger partial charge is 0.119 e. The van der Waals surface area contributed by atoms with Crippen LogP contribution in [-0.2, 0) is 4.74 Å². The molecule has 19 heavy (non-hydrogen) atoms. The highest BCUT2D eigenvalue weighted by molar-refractivity contribution is 5.21.